The molecule has 3 rings (SSSR count). The molecule has 28 heavy (non-hydrogen) atoms. The standard InChI is InChI=1S/C21H31N5O2/c1-5-6-11-26-19(22-16-23-26)17-7-9-18(10-8-17)24-12-14-25(15-13-24)20(27)28-21(2,3)4/h7-10,16H,5-6,11-15H2,1-4H3. The van der Waals surface area contributed by atoms with Crippen molar-refractivity contribution < 1.29 is 9.53 Å². The summed E-state index contributed by atoms with van der Waals surface area (Å²) in [5.41, 5.74) is 1.78. The van der Waals surface area contributed by atoms with Gasteiger partial charge in [-0.2, -0.15) is 5.10 Å². The number of carbonyl (C=O) groups excluding carboxylic acids is 1. The molecule has 0 aliphatic carbocycles. The number of aromatic nitrogens is 3. The zero-order valence-electron chi connectivity index (χ0n) is 17.4. The maximum absolute atomic E-state index is 12.2. The molecule has 7 nitrogen and oxygen atoms in total. The quantitative estimate of drug-likeness (QED) is 0.783. The Morgan fingerprint density at radius 2 is 1.79 bits per heavy atom. The Bertz CT molecular complexity index is 771. The van der Waals surface area contributed by atoms with E-state index in [-0.39, 0.29) is 6.09 Å². The van der Waals surface area contributed by atoms with Gasteiger partial charge in [-0.1, -0.05) is 13.3 Å². The van der Waals surface area contributed by atoms with Gasteiger partial charge in [0.15, 0.2) is 5.82 Å². The summed E-state index contributed by atoms with van der Waals surface area (Å²) < 4.78 is 7.44. The summed E-state index contributed by atoms with van der Waals surface area (Å²) in [6.45, 7) is 11.7. The molecule has 0 unspecified atom stereocenters. The normalized spacial score (nSPS) is 15.0. The third kappa shape index (κ3) is 5.03. The molecular formula is C21H31N5O2. The van der Waals surface area contributed by atoms with Crippen LogP contribution >= 0.6 is 0 Å². The number of piperazine rings is 1. The molecule has 1 saturated heterocycles. The highest BCUT2D eigenvalue weighted by atomic mass is 16.6. The molecule has 7 heteroatoms. The Kier molecular flexibility index (Phi) is 6.21. The highest BCUT2D eigenvalue weighted by Gasteiger charge is 2.26. The third-order valence-corrected chi connectivity index (χ3v) is 4.76. The van der Waals surface area contributed by atoms with Crippen LogP contribution in [0.1, 0.15) is 40.5 Å². The van der Waals surface area contributed by atoms with E-state index in [4.69, 9.17) is 4.74 Å². The van der Waals surface area contributed by atoms with Crippen molar-refractivity contribution in [1.82, 2.24) is 19.7 Å². The lowest BCUT2D eigenvalue weighted by Gasteiger charge is -2.36. The van der Waals surface area contributed by atoms with Crippen molar-refractivity contribution in [3.63, 3.8) is 0 Å². The Morgan fingerprint density at radius 1 is 1.11 bits per heavy atom. The number of ether oxygens (including phenoxy) is 1. The number of hydrogen-bond acceptors (Lipinski definition) is 5. The van der Waals surface area contributed by atoms with E-state index in [2.05, 4.69) is 46.2 Å². The largest absolute Gasteiger partial charge is 0.444 e. The van der Waals surface area contributed by atoms with Crippen molar-refractivity contribution in [2.75, 3.05) is 31.1 Å². The minimum absolute atomic E-state index is 0.228. The van der Waals surface area contributed by atoms with Gasteiger partial charge in [0.2, 0.25) is 0 Å². The molecule has 2 heterocycles. The van der Waals surface area contributed by atoms with Gasteiger partial charge in [-0.3, -0.25) is 0 Å². The topological polar surface area (TPSA) is 63.5 Å². The maximum atomic E-state index is 12.2. The van der Waals surface area contributed by atoms with Gasteiger partial charge in [0, 0.05) is 44.0 Å². The van der Waals surface area contributed by atoms with Gasteiger partial charge in [-0.05, 0) is 51.5 Å². The molecule has 1 amide bonds. The van der Waals surface area contributed by atoms with Gasteiger partial charge in [-0.15, -0.1) is 0 Å². The zero-order chi connectivity index (χ0) is 20.1. The van der Waals surface area contributed by atoms with Crippen LogP contribution < -0.4 is 4.90 Å². The Balaban J connectivity index is 1.59. The monoisotopic (exact) mass is 385 g/mol. The second kappa shape index (κ2) is 8.63. The molecule has 0 atom stereocenters. The summed E-state index contributed by atoms with van der Waals surface area (Å²) in [6.07, 6.45) is 3.62. The molecule has 1 aromatic heterocycles. The highest BCUT2D eigenvalue weighted by molar-refractivity contribution is 5.69. The van der Waals surface area contributed by atoms with Gasteiger partial charge < -0.3 is 14.5 Å². The fourth-order valence-electron chi connectivity index (χ4n) is 3.25. The molecule has 0 bridgehead atoms. The first-order valence-electron chi connectivity index (χ1n) is 10.1. The van der Waals surface area contributed by atoms with Crippen molar-refractivity contribution in [3.8, 4) is 11.4 Å². The third-order valence-electron chi connectivity index (χ3n) is 4.76. The Hall–Kier alpha value is -2.57. The summed E-state index contributed by atoms with van der Waals surface area (Å²) in [7, 11) is 0. The fourth-order valence-corrected chi connectivity index (χ4v) is 3.25. The average Bonchev–Trinajstić information content (AvgIpc) is 3.14. The first-order chi connectivity index (χ1) is 13.4. The van der Waals surface area contributed by atoms with Gasteiger partial charge in [0.1, 0.15) is 11.9 Å². The predicted octanol–water partition coefficient (Wildman–Crippen LogP) is 3.80. The van der Waals surface area contributed by atoms with E-state index < -0.39 is 5.60 Å². The van der Waals surface area contributed by atoms with Crippen LogP contribution in [0.4, 0.5) is 10.5 Å². The first-order valence-corrected chi connectivity index (χ1v) is 10.1. The summed E-state index contributed by atoms with van der Waals surface area (Å²) in [5, 5.41) is 4.34. The van der Waals surface area contributed by atoms with Crippen molar-refractivity contribution in [1.29, 1.82) is 0 Å². The van der Waals surface area contributed by atoms with Crippen LogP contribution in [0.25, 0.3) is 11.4 Å². The average molecular weight is 386 g/mol. The Morgan fingerprint density at radius 3 is 2.39 bits per heavy atom. The number of aryl methyl sites for hydroxylation is 1. The summed E-state index contributed by atoms with van der Waals surface area (Å²) in [6, 6.07) is 8.44. The van der Waals surface area contributed by atoms with E-state index in [1.807, 2.05) is 25.5 Å². The molecule has 2 aromatic rings. The highest BCUT2D eigenvalue weighted by Crippen LogP contribution is 2.23. The fraction of sp³-hybridized carbons (Fsp3) is 0.571. The van der Waals surface area contributed by atoms with E-state index >= 15 is 0 Å². The number of carbonyl (C=O) groups is 1. The minimum atomic E-state index is -0.457. The summed E-state index contributed by atoms with van der Waals surface area (Å²) in [4.78, 5) is 20.7. The van der Waals surface area contributed by atoms with Gasteiger partial charge in [0.25, 0.3) is 0 Å². The minimum Gasteiger partial charge on any atom is -0.444 e. The predicted molar refractivity (Wildman–Crippen MR) is 110 cm³/mol. The van der Waals surface area contributed by atoms with Crippen molar-refractivity contribution in [2.24, 2.45) is 0 Å². The lowest BCUT2D eigenvalue weighted by molar-refractivity contribution is 0.0240. The maximum Gasteiger partial charge on any atom is 0.410 e. The first kappa shape index (κ1) is 20.2. The molecule has 0 saturated carbocycles. The van der Waals surface area contributed by atoms with Crippen molar-refractivity contribution in [3.05, 3.63) is 30.6 Å². The van der Waals surface area contributed by atoms with E-state index in [0.29, 0.717) is 13.1 Å². The van der Waals surface area contributed by atoms with Gasteiger partial charge in [0.05, 0.1) is 0 Å². The van der Waals surface area contributed by atoms with E-state index in [9.17, 15) is 4.79 Å². The van der Waals surface area contributed by atoms with Crippen LogP contribution in [0.3, 0.4) is 0 Å². The molecule has 0 N–H and O–H groups in total. The van der Waals surface area contributed by atoms with Crippen LogP contribution in [0.2, 0.25) is 0 Å². The van der Waals surface area contributed by atoms with Gasteiger partial charge in [-0.25, -0.2) is 14.5 Å². The smallest absolute Gasteiger partial charge is 0.410 e. The number of hydrogen-bond donors (Lipinski definition) is 0. The number of rotatable bonds is 5. The Labute approximate surface area is 167 Å². The summed E-state index contributed by atoms with van der Waals surface area (Å²) >= 11 is 0. The SMILES string of the molecule is CCCCn1ncnc1-c1ccc(N2CCN(C(=O)OC(C)(C)C)CC2)cc1. The van der Waals surface area contributed by atoms with Crippen molar-refractivity contribution >= 4 is 11.8 Å². The van der Waals surface area contributed by atoms with Crippen LogP contribution in [-0.2, 0) is 11.3 Å². The van der Waals surface area contributed by atoms with Crippen LogP contribution in [0.15, 0.2) is 30.6 Å². The number of unbranched alkanes of at least 4 members (excludes halogenated alkanes) is 1. The molecule has 1 fully saturated rings. The summed E-state index contributed by atoms with van der Waals surface area (Å²) in [5.74, 6) is 0.912. The second-order valence-electron chi connectivity index (χ2n) is 8.16. The molecule has 1 aliphatic heterocycles. The van der Waals surface area contributed by atoms with E-state index in [0.717, 1.165) is 49.6 Å². The van der Waals surface area contributed by atoms with Gasteiger partial charge >= 0.3 is 6.09 Å². The van der Waals surface area contributed by atoms with Crippen LogP contribution in [0, 0.1) is 0 Å². The lowest BCUT2D eigenvalue weighted by atomic mass is 10.1. The number of benzene rings is 1. The second-order valence-corrected chi connectivity index (χ2v) is 8.16. The number of nitrogens with zero attached hydrogens (tertiary/aromatic N) is 5. The zero-order valence-corrected chi connectivity index (χ0v) is 17.4. The molecule has 0 radical (unpaired) electrons. The number of amides is 1. The lowest BCUT2D eigenvalue weighted by Crippen LogP contribution is -2.50. The molecule has 1 aromatic carbocycles. The van der Waals surface area contributed by atoms with E-state index in [1.165, 1.54) is 0 Å². The number of anilines is 1. The van der Waals surface area contributed by atoms with Crippen LogP contribution in [0.5, 0.6) is 0 Å². The molecular weight excluding hydrogens is 354 g/mol. The molecule has 152 valence electrons. The molecule has 1 aliphatic rings. The van der Waals surface area contributed by atoms with Crippen molar-refractivity contribution in [2.45, 2.75) is 52.7 Å². The van der Waals surface area contributed by atoms with Crippen LogP contribution in [-0.4, -0.2) is 57.5 Å². The molecule has 0 spiro atoms. The van der Waals surface area contributed by atoms with E-state index in [1.54, 1.807) is 11.2 Å².